The Labute approximate surface area is 171 Å². The molecule has 4 rings (SSSR count). The van der Waals surface area contributed by atoms with Crippen LogP contribution in [0.15, 0.2) is 0 Å². The minimum Gasteiger partial charge on any atom is -0.465 e. The fourth-order valence-electron chi connectivity index (χ4n) is 4.80. The summed E-state index contributed by atoms with van der Waals surface area (Å²) in [4.78, 5) is 24.8. The maximum Gasteiger partial charge on any atom is 0.309 e. The van der Waals surface area contributed by atoms with Crippen LogP contribution in [0, 0.1) is 11.3 Å². The summed E-state index contributed by atoms with van der Waals surface area (Å²) in [5.74, 6) is -0.184. The molecule has 8 nitrogen and oxygen atoms in total. The molecule has 2 fully saturated rings. The number of fused-ring (bicyclic) bond motifs is 1. The van der Waals surface area contributed by atoms with Gasteiger partial charge >= 0.3 is 5.97 Å². The second-order valence-corrected chi connectivity index (χ2v) is 8.53. The van der Waals surface area contributed by atoms with Gasteiger partial charge in [0.25, 0.3) is 5.91 Å². The summed E-state index contributed by atoms with van der Waals surface area (Å²) >= 11 is 0. The van der Waals surface area contributed by atoms with Crippen LogP contribution in [0.2, 0.25) is 0 Å². The molecule has 2 saturated heterocycles. The third kappa shape index (κ3) is 4.48. The van der Waals surface area contributed by atoms with Gasteiger partial charge in [-0.15, -0.1) is 0 Å². The summed E-state index contributed by atoms with van der Waals surface area (Å²) < 4.78 is 16.8. The van der Waals surface area contributed by atoms with Gasteiger partial charge < -0.3 is 19.5 Å². The Kier molecular flexibility index (Phi) is 6.20. The molecule has 1 aromatic rings. The number of rotatable bonds is 5. The van der Waals surface area contributed by atoms with Crippen molar-refractivity contribution in [3.05, 3.63) is 17.0 Å². The van der Waals surface area contributed by atoms with Crippen LogP contribution < -0.4 is 5.32 Å². The highest BCUT2D eigenvalue weighted by Gasteiger charge is 2.41. The number of carbonyl (C=O) groups is 2. The van der Waals surface area contributed by atoms with Crippen molar-refractivity contribution >= 4 is 11.9 Å². The maximum atomic E-state index is 12.6. The zero-order chi connectivity index (χ0) is 20.3. The number of hydrogen-bond acceptors (Lipinski definition) is 6. The van der Waals surface area contributed by atoms with Gasteiger partial charge in [-0.1, -0.05) is 6.92 Å². The predicted octanol–water partition coefficient (Wildman–Crippen LogP) is 1.78. The number of aryl methyl sites for hydroxylation is 1. The SMILES string of the molecule is CCc1n[nH]c2c1C(=O)NCC1(CCOC(CCOC(=O)C3CCOCC3)C1)C2. The van der Waals surface area contributed by atoms with Crippen molar-refractivity contribution in [2.45, 2.75) is 58.0 Å². The molecular weight excluding hydrogens is 374 g/mol. The Morgan fingerprint density at radius 1 is 1.31 bits per heavy atom. The Balaban J connectivity index is 1.34. The molecule has 160 valence electrons. The van der Waals surface area contributed by atoms with Gasteiger partial charge in [0.1, 0.15) is 0 Å². The van der Waals surface area contributed by atoms with Crippen LogP contribution in [0.1, 0.15) is 60.8 Å². The van der Waals surface area contributed by atoms with Gasteiger partial charge in [-0.05, 0) is 43.9 Å². The molecule has 8 heteroatoms. The predicted molar refractivity (Wildman–Crippen MR) is 105 cm³/mol. The lowest BCUT2D eigenvalue weighted by Gasteiger charge is -2.40. The first-order valence-electron chi connectivity index (χ1n) is 10.8. The van der Waals surface area contributed by atoms with E-state index in [2.05, 4.69) is 15.5 Å². The average Bonchev–Trinajstić information content (AvgIpc) is 3.09. The van der Waals surface area contributed by atoms with E-state index in [-0.39, 0.29) is 29.3 Å². The van der Waals surface area contributed by atoms with E-state index >= 15 is 0 Å². The molecule has 2 atom stereocenters. The van der Waals surface area contributed by atoms with Crippen molar-refractivity contribution < 1.29 is 23.8 Å². The highest BCUT2D eigenvalue weighted by Crippen LogP contribution is 2.39. The molecule has 2 N–H and O–H groups in total. The van der Waals surface area contributed by atoms with Gasteiger partial charge in [0.2, 0.25) is 0 Å². The number of hydrogen-bond donors (Lipinski definition) is 2. The van der Waals surface area contributed by atoms with E-state index in [1.165, 1.54) is 0 Å². The number of aromatic amines is 1. The molecule has 2 unspecified atom stereocenters. The van der Waals surface area contributed by atoms with E-state index < -0.39 is 0 Å². The lowest BCUT2D eigenvalue weighted by molar-refractivity contribution is -0.153. The van der Waals surface area contributed by atoms with E-state index in [0.29, 0.717) is 39.4 Å². The summed E-state index contributed by atoms with van der Waals surface area (Å²) in [6, 6.07) is 0. The first-order valence-corrected chi connectivity index (χ1v) is 10.8. The topological polar surface area (TPSA) is 103 Å². The summed E-state index contributed by atoms with van der Waals surface area (Å²) in [5.41, 5.74) is 2.44. The van der Waals surface area contributed by atoms with Crippen molar-refractivity contribution in [1.29, 1.82) is 0 Å². The first-order chi connectivity index (χ1) is 14.1. The van der Waals surface area contributed by atoms with E-state index in [1.807, 2.05) is 6.92 Å². The minimum atomic E-state index is -0.116. The van der Waals surface area contributed by atoms with Gasteiger partial charge in [0.05, 0.1) is 29.9 Å². The highest BCUT2D eigenvalue weighted by atomic mass is 16.5. The molecule has 3 aliphatic rings. The molecule has 0 aromatic carbocycles. The molecule has 0 saturated carbocycles. The molecule has 29 heavy (non-hydrogen) atoms. The van der Waals surface area contributed by atoms with Crippen molar-refractivity contribution in [2.75, 3.05) is 33.0 Å². The third-order valence-corrected chi connectivity index (χ3v) is 6.54. The molecule has 0 aliphatic carbocycles. The number of aromatic nitrogens is 2. The van der Waals surface area contributed by atoms with Gasteiger partial charge in [-0.3, -0.25) is 14.7 Å². The maximum absolute atomic E-state index is 12.6. The number of esters is 1. The molecule has 4 heterocycles. The largest absolute Gasteiger partial charge is 0.465 e. The first kappa shape index (κ1) is 20.3. The fourth-order valence-corrected chi connectivity index (χ4v) is 4.80. The van der Waals surface area contributed by atoms with Crippen LogP contribution in [0.4, 0.5) is 0 Å². The second-order valence-electron chi connectivity index (χ2n) is 8.53. The van der Waals surface area contributed by atoms with Gasteiger partial charge in [-0.2, -0.15) is 5.10 Å². The lowest BCUT2D eigenvalue weighted by Crippen LogP contribution is -2.44. The molecule has 1 spiro atoms. The molecular formula is C21H31N3O5. The van der Waals surface area contributed by atoms with Crippen LogP contribution in [-0.4, -0.2) is 61.2 Å². The van der Waals surface area contributed by atoms with Crippen LogP contribution in [0.25, 0.3) is 0 Å². The smallest absolute Gasteiger partial charge is 0.309 e. The van der Waals surface area contributed by atoms with E-state index in [4.69, 9.17) is 14.2 Å². The second kappa shape index (κ2) is 8.83. The molecule has 0 bridgehead atoms. The summed E-state index contributed by atoms with van der Waals surface area (Å²) in [7, 11) is 0. The van der Waals surface area contributed by atoms with Gasteiger partial charge in [0.15, 0.2) is 0 Å². The average molecular weight is 405 g/mol. The van der Waals surface area contributed by atoms with Crippen molar-refractivity contribution in [2.24, 2.45) is 11.3 Å². The van der Waals surface area contributed by atoms with Crippen molar-refractivity contribution in [1.82, 2.24) is 15.5 Å². The quantitative estimate of drug-likeness (QED) is 0.724. The van der Waals surface area contributed by atoms with Crippen LogP contribution in [-0.2, 0) is 31.8 Å². The number of amides is 1. The Bertz CT molecular complexity index is 743. The molecule has 1 amide bonds. The monoisotopic (exact) mass is 405 g/mol. The third-order valence-electron chi connectivity index (χ3n) is 6.54. The normalized spacial score (nSPS) is 27.9. The number of ether oxygens (including phenoxy) is 3. The number of H-pyrrole nitrogens is 1. The van der Waals surface area contributed by atoms with Gasteiger partial charge in [-0.25, -0.2) is 0 Å². The zero-order valence-corrected chi connectivity index (χ0v) is 17.1. The van der Waals surface area contributed by atoms with E-state index in [9.17, 15) is 9.59 Å². The number of carbonyl (C=O) groups excluding carboxylic acids is 2. The molecule has 3 aliphatic heterocycles. The summed E-state index contributed by atoms with van der Waals surface area (Å²) in [6.45, 7) is 4.94. The Morgan fingerprint density at radius 2 is 2.14 bits per heavy atom. The zero-order valence-electron chi connectivity index (χ0n) is 17.1. The summed E-state index contributed by atoms with van der Waals surface area (Å²) in [6.07, 6.45) is 5.45. The van der Waals surface area contributed by atoms with Gasteiger partial charge in [0, 0.05) is 38.5 Å². The van der Waals surface area contributed by atoms with Crippen LogP contribution in [0.5, 0.6) is 0 Å². The van der Waals surface area contributed by atoms with Crippen molar-refractivity contribution in [3.8, 4) is 0 Å². The van der Waals surface area contributed by atoms with Crippen molar-refractivity contribution in [3.63, 3.8) is 0 Å². The van der Waals surface area contributed by atoms with Crippen LogP contribution in [0.3, 0.4) is 0 Å². The summed E-state index contributed by atoms with van der Waals surface area (Å²) in [5, 5.41) is 10.5. The van der Waals surface area contributed by atoms with Crippen LogP contribution >= 0.6 is 0 Å². The van der Waals surface area contributed by atoms with E-state index in [1.54, 1.807) is 0 Å². The lowest BCUT2D eigenvalue weighted by atomic mass is 9.74. The standard InChI is InChI=1S/C21H31N3O5/c1-2-16-18-17(24-23-16)12-21(13-22-19(18)25)6-10-28-15(11-21)5-9-29-20(26)14-3-7-27-8-4-14/h14-15H,2-13H2,1H3,(H,22,25)(H,23,24). The number of nitrogens with one attached hydrogen (secondary N) is 2. The number of nitrogens with zero attached hydrogens (tertiary/aromatic N) is 1. The molecule has 1 aromatic heterocycles. The minimum absolute atomic E-state index is 0.0262. The van der Waals surface area contributed by atoms with E-state index in [0.717, 1.165) is 55.5 Å². The Hall–Kier alpha value is -1.93. The fraction of sp³-hybridized carbons (Fsp3) is 0.762. The Morgan fingerprint density at radius 3 is 2.93 bits per heavy atom. The molecule has 0 radical (unpaired) electrons. The highest BCUT2D eigenvalue weighted by molar-refractivity contribution is 5.96.